The van der Waals surface area contributed by atoms with Crippen LogP contribution in [0.4, 0.5) is 11.4 Å². The van der Waals surface area contributed by atoms with Crippen LogP contribution < -0.4 is 16.0 Å². The molecule has 0 aromatic heterocycles. The molecule has 1 aromatic carbocycles. The molecule has 0 atom stereocenters. The summed E-state index contributed by atoms with van der Waals surface area (Å²) in [5.74, 6) is 0.743. The van der Waals surface area contributed by atoms with Crippen LogP contribution in [-0.4, -0.2) is 75.8 Å². The minimum absolute atomic E-state index is 0.0783. The first-order chi connectivity index (χ1) is 13.1. The zero-order chi connectivity index (χ0) is 19.9. The van der Waals surface area contributed by atoms with E-state index in [0.717, 1.165) is 38.6 Å². The third kappa shape index (κ3) is 9.76. The second-order valence-corrected chi connectivity index (χ2v) is 6.04. The van der Waals surface area contributed by atoms with E-state index in [1.807, 2.05) is 6.92 Å². The van der Waals surface area contributed by atoms with E-state index in [1.54, 1.807) is 25.3 Å². The molecule has 0 amide bonds. The van der Waals surface area contributed by atoms with Crippen molar-refractivity contribution in [2.75, 3.05) is 65.3 Å². The lowest BCUT2D eigenvalue weighted by Crippen LogP contribution is -2.40. The number of hydrogen-bond acceptors (Lipinski definition) is 6. The second kappa shape index (κ2) is 13.8. The molecule has 9 heteroatoms. The number of rotatable bonds is 13. The minimum Gasteiger partial charge on any atom is -0.385 e. The van der Waals surface area contributed by atoms with Gasteiger partial charge in [-0.25, -0.2) is 0 Å². The average Bonchev–Trinajstić information content (AvgIpc) is 2.65. The Hall–Kier alpha value is -2.39. The first-order valence-corrected chi connectivity index (χ1v) is 9.25. The molecular weight excluding hydrogens is 348 g/mol. The van der Waals surface area contributed by atoms with Gasteiger partial charge in [0.1, 0.15) is 5.69 Å². The first kappa shape index (κ1) is 22.7. The number of methoxy groups -OCH3 is 1. The van der Waals surface area contributed by atoms with Gasteiger partial charge < -0.3 is 25.6 Å². The molecule has 0 aliphatic carbocycles. The van der Waals surface area contributed by atoms with Crippen LogP contribution in [-0.2, 0) is 4.74 Å². The van der Waals surface area contributed by atoms with Crippen LogP contribution in [0.2, 0.25) is 0 Å². The van der Waals surface area contributed by atoms with Crippen molar-refractivity contribution in [3.8, 4) is 0 Å². The minimum atomic E-state index is -0.385. The van der Waals surface area contributed by atoms with Gasteiger partial charge in [-0.15, -0.1) is 0 Å². The molecule has 0 bridgehead atoms. The number of para-hydroxylation sites is 2. The van der Waals surface area contributed by atoms with Crippen molar-refractivity contribution in [1.82, 2.24) is 15.5 Å². The van der Waals surface area contributed by atoms with Gasteiger partial charge in [-0.2, -0.15) is 0 Å². The van der Waals surface area contributed by atoms with Crippen molar-refractivity contribution in [2.45, 2.75) is 13.3 Å². The number of anilines is 1. The summed E-state index contributed by atoms with van der Waals surface area (Å²) in [4.78, 5) is 17.4. The van der Waals surface area contributed by atoms with Crippen molar-refractivity contribution in [3.63, 3.8) is 0 Å². The molecule has 0 fully saturated rings. The third-order valence-electron chi connectivity index (χ3n) is 3.82. The van der Waals surface area contributed by atoms with Gasteiger partial charge in [0.15, 0.2) is 5.96 Å². The number of nitrogens with one attached hydrogen (secondary N) is 3. The quantitative estimate of drug-likeness (QED) is 0.157. The molecule has 152 valence electrons. The maximum absolute atomic E-state index is 11.0. The van der Waals surface area contributed by atoms with Gasteiger partial charge in [-0.3, -0.25) is 15.1 Å². The molecule has 1 aromatic rings. The molecule has 0 saturated carbocycles. The highest BCUT2D eigenvalue weighted by atomic mass is 16.6. The third-order valence-corrected chi connectivity index (χ3v) is 3.82. The Morgan fingerprint density at radius 1 is 1.26 bits per heavy atom. The number of nitrogens with zero attached hydrogens (tertiary/aromatic N) is 3. The summed E-state index contributed by atoms with van der Waals surface area (Å²) in [5.41, 5.74) is 0.596. The number of nitro groups is 1. The van der Waals surface area contributed by atoms with Crippen LogP contribution in [0.15, 0.2) is 29.3 Å². The van der Waals surface area contributed by atoms with Crippen molar-refractivity contribution in [2.24, 2.45) is 4.99 Å². The van der Waals surface area contributed by atoms with E-state index in [9.17, 15) is 10.1 Å². The fourth-order valence-corrected chi connectivity index (χ4v) is 2.43. The van der Waals surface area contributed by atoms with Crippen LogP contribution in [0.3, 0.4) is 0 Å². The number of hydrogen-bond donors (Lipinski definition) is 3. The van der Waals surface area contributed by atoms with Crippen LogP contribution in [0.25, 0.3) is 0 Å². The number of benzene rings is 1. The average molecular weight is 380 g/mol. The van der Waals surface area contributed by atoms with E-state index < -0.39 is 0 Å². The van der Waals surface area contributed by atoms with Crippen LogP contribution in [0.5, 0.6) is 0 Å². The first-order valence-electron chi connectivity index (χ1n) is 9.25. The highest BCUT2D eigenvalue weighted by Crippen LogP contribution is 2.22. The largest absolute Gasteiger partial charge is 0.385 e. The van der Waals surface area contributed by atoms with Gasteiger partial charge in [0, 0.05) is 52.5 Å². The Morgan fingerprint density at radius 3 is 2.74 bits per heavy atom. The number of aliphatic imine (C=N–C) groups is 1. The van der Waals surface area contributed by atoms with E-state index in [2.05, 4.69) is 32.9 Å². The summed E-state index contributed by atoms with van der Waals surface area (Å²) in [6, 6.07) is 6.63. The molecule has 0 heterocycles. The van der Waals surface area contributed by atoms with Crippen LogP contribution >= 0.6 is 0 Å². The lowest BCUT2D eigenvalue weighted by atomic mass is 10.2. The van der Waals surface area contributed by atoms with E-state index in [-0.39, 0.29) is 10.6 Å². The van der Waals surface area contributed by atoms with E-state index in [1.165, 1.54) is 6.07 Å². The molecule has 0 radical (unpaired) electrons. The van der Waals surface area contributed by atoms with Crippen LogP contribution in [0, 0.1) is 10.1 Å². The summed E-state index contributed by atoms with van der Waals surface area (Å²) < 4.78 is 5.06. The number of nitro benzene ring substituents is 1. The monoisotopic (exact) mass is 380 g/mol. The Balaban J connectivity index is 2.37. The number of likely N-dealkylation sites (N-methyl/N-ethyl adjacent to an activating group) is 1. The summed E-state index contributed by atoms with van der Waals surface area (Å²) >= 11 is 0. The molecule has 3 N–H and O–H groups in total. The molecule has 0 aliphatic heterocycles. The fourth-order valence-electron chi connectivity index (χ4n) is 2.43. The Labute approximate surface area is 161 Å². The molecule has 0 aliphatic rings. The van der Waals surface area contributed by atoms with Gasteiger partial charge in [0.05, 0.1) is 11.5 Å². The van der Waals surface area contributed by atoms with Gasteiger partial charge in [0.2, 0.25) is 0 Å². The van der Waals surface area contributed by atoms with E-state index in [4.69, 9.17) is 4.74 Å². The molecule has 9 nitrogen and oxygen atoms in total. The second-order valence-electron chi connectivity index (χ2n) is 6.04. The molecule has 0 spiro atoms. The van der Waals surface area contributed by atoms with Gasteiger partial charge in [-0.1, -0.05) is 12.1 Å². The van der Waals surface area contributed by atoms with Crippen LogP contribution in [0.1, 0.15) is 13.3 Å². The molecule has 0 unspecified atom stereocenters. The fraction of sp³-hybridized carbons (Fsp3) is 0.611. The van der Waals surface area contributed by atoms with Gasteiger partial charge >= 0.3 is 0 Å². The van der Waals surface area contributed by atoms with Gasteiger partial charge in [0.25, 0.3) is 5.69 Å². The van der Waals surface area contributed by atoms with Crippen molar-refractivity contribution >= 4 is 17.3 Å². The summed E-state index contributed by atoms with van der Waals surface area (Å²) in [6.45, 7) is 7.24. The van der Waals surface area contributed by atoms with Crippen molar-refractivity contribution in [3.05, 3.63) is 34.4 Å². The molecule has 0 saturated heterocycles. The topological polar surface area (TPSA) is 104 Å². The molecule has 1 rings (SSSR count). The van der Waals surface area contributed by atoms with Crippen molar-refractivity contribution < 1.29 is 9.66 Å². The number of guanidine groups is 1. The van der Waals surface area contributed by atoms with E-state index in [0.29, 0.717) is 25.3 Å². The van der Waals surface area contributed by atoms with Gasteiger partial charge in [-0.05, 0) is 26.5 Å². The maximum atomic E-state index is 11.0. The summed E-state index contributed by atoms with van der Waals surface area (Å²) in [5, 5.41) is 20.5. The summed E-state index contributed by atoms with van der Waals surface area (Å²) in [7, 11) is 3.78. The normalized spacial score (nSPS) is 11.5. The van der Waals surface area contributed by atoms with E-state index >= 15 is 0 Å². The molecule has 27 heavy (non-hydrogen) atoms. The lowest BCUT2D eigenvalue weighted by molar-refractivity contribution is -0.384. The SMILES string of the molecule is CCNC(=NCCN(C)CCCOC)NCCNc1ccccc1[N+](=O)[O-]. The summed E-state index contributed by atoms with van der Waals surface area (Å²) in [6.07, 6.45) is 1.01. The Morgan fingerprint density at radius 2 is 2.04 bits per heavy atom. The number of ether oxygens (including phenoxy) is 1. The predicted molar refractivity (Wildman–Crippen MR) is 110 cm³/mol. The maximum Gasteiger partial charge on any atom is 0.292 e. The lowest BCUT2D eigenvalue weighted by Gasteiger charge is -2.16. The van der Waals surface area contributed by atoms with Crippen molar-refractivity contribution in [1.29, 1.82) is 0 Å². The molecular formula is C18H32N6O3. The smallest absolute Gasteiger partial charge is 0.292 e. The standard InChI is InChI=1S/C18H32N6O3/c1-4-19-18(22-12-14-23(2)13-7-15-27-3)21-11-10-20-16-8-5-6-9-17(16)24(25)26/h5-6,8-9,20H,4,7,10-15H2,1-3H3,(H2,19,21,22). The highest BCUT2D eigenvalue weighted by Gasteiger charge is 2.11. The zero-order valence-corrected chi connectivity index (χ0v) is 16.5. The Kier molecular flexibility index (Phi) is 11.5. The predicted octanol–water partition coefficient (Wildman–Crippen LogP) is 1.53. The zero-order valence-electron chi connectivity index (χ0n) is 16.5. The Bertz CT molecular complexity index is 582. The highest BCUT2D eigenvalue weighted by molar-refractivity contribution is 5.79.